The minimum absolute atomic E-state index is 0.0935. The average Bonchev–Trinajstić information content (AvgIpc) is 2.95. The summed E-state index contributed by atoms with van der Waals surface area (Å²) in [6, 6.07) is 10.1. The zero-order valence-corrected chi connectivity index (χ0v) is 13.4. The van der Waals surface area contributed by atoms with Crippen LogP contribution >= 0.6 is 0 Å². The number of aromatic nitrogens is 1. The van der Waals surface area contributed by atoms with E-state index in [0.29, 0.717) is 0 Å². The molecule has 0 saturated heterocycles. The van der Waals surface area contributed by atoms with Crippen molar-refractivity contribution in [2.45, 2.75) is 46.3 Å². The molecule has 2 rings (SSSR count). The van der Waals surface area contributed by atoms with Gasteiger partial charge in [0.05, 0.1) is 18.5 Å². The van der Waals surface area contributed by atoms with Gasteiger partial charge >= 0.3 is 0 Å². The highest BCUT2D eigenvalue weighted by atomic mass is 16.3. The van der Waals surface area contributed by atoms with Crippen LogP contribution in [0.2, 0.25) is 0 Å². The largest absolute Gasteiger partial charge is 0.467 e. The summed E-state index contributed by atoms with van der Waals surface area (Å²) in [5.74, 6) is 1.94. The Hall–Kier alpha value is -1.81. The second-order valence-electron chi connectivity index (χ2n) is 6.18. The summed E-state index contributed by atoms with van der Waals surface area (Å²) in [6.45, 7) is 11.0. The van der Waals surface area contributed by atoms with Gasteiger partial charge in [-0.2, -0.15) is 0 Å². The lowest BCUT2D eigenvalue weighted by molar-refractivity contribution is 0.421. The zero-order chi connectivity index (χ0) is 15.3. The molecule has 0 atom stereocenters. The number of hydrogen-bond donors (Lipinski definition) is 1. The molecule has 0 spiro atoms. The van der Waals surface area contributed by atoms with E-state index in [-0.39, 0.29) is 5.54 Å². The molecule has 0 aliphatic carbocycles. The van der Waals surface area contributed by atoms with E-state index in [2.05, 4.69) is 50.0 Å². The predicted octanol–water partition coefficient (Wildman–Crippen LogP) is 3.59. The molecule has 114 valence electrons. The Kier molecular flexibility index (Phi) is 5.02. The van der Waals surface area contributed by atoms with E-state index in [4.69, 9.17) is 9.40 Å². The van der Waals surface area contributed by atoms with Crippen LogP contribution in [0.3, 0.4) is 0 Å². The van der Waals surface area contributed by atoms with Crippen LogP contribution < -0.4 is 10.2 Å². The Bertz CT molecular complexity index is 543. The van der Waals surface area contributed by atoms with Gasteiger partial charge in [0.15, 0.2) is 0 Å². The van der Waals surface area contributed by atoms with E-state index in [9.17, 15) is 0 Å². The summed E-state index contributed by atoms with van der Waals surface area (Å²) in [6.07, 6.45) is 1.71. The van der Waals surface area contributed by atoms with Gasteiger partial charge < -0.3 is 14.6 Å². The van der Waals surface area contributed by atoms with Crippen molar-refractivity contribution in [3.05, 3.63) is 48.0 Å². The molecule has 0 amide bonds. The van der Waals surface area contributed by atoms with Crippen LogP contribution in [0.4, 0.5) is 5.82 Å². The van der Waals surface area contributed by atoms with E-state index in [0.717, 1.165) is 36.9 Å². The summed E-state index contributed by atoms with van der Waals surface area (Å²) in [4.78, 5) is 6.96. The second kappa shape index (κ2) is 6.76. The Morgan fingerprint density at radius 3 is 2.62 bits per heavy atom. The van der Waals surface area contributed by atoms with Crippen molar-refractivity contribution in [3.8, 4) is 0 Å². The maximum absolute atomic E-state index is 5.43. The van der Waals surface area contributed by atoms with Gasteiger partial charge in [-0.25, -0.2) is 4.98 Å². The minimum atomic E-state index is 0.0935. The molecule has 21 heavy (non-hydrogen) atoms. The van der Waals surface area contributed by atoms with Gasteiger partial charge in [0, 0.05) is 18.6 Å². The number of anilines is 1. The Morgan fingerprint density at radius 1 is 1.19 bits per heavy atom. The molecule has 1 N–H and O–H groups in total. The van der Waals surface area contributed by atoms with Crippen LogP contribution in [0, 0.1) is 0 Å². The molecule has 0 aromatic carbocycles. The Morgan fingerprint density at radius 2 is 2.00 bits per heavy atom. The molecule has 2 heterocycles. The smallest absolute Gasteiger partial charge is 0.129 e. The van der Waals surface area contributed by atoms with Crippen LogP contribution in [-0.4, -0.2) is 17.1 Å². The van der Waals surface area contributed by atoms with Gasteiger partial charge in [-0.05, 0) is 52.0 Å². The van der Waals surface area contributed by atoms with Crippen molar-refractivity contribution < 1.29 is 4.42 Å². The number of pyridine rings is 1. The van der Waals surface area contributed by atoms with Crippen LogP contribution in [0.15, 0.2) is 41.0 Å². The van der Waals surface area contributed by atoms with Crippen molar-refractivity contribution in [2.75, 3.05) is 11.4 Å². The van der Waals surface area contributed by atoms with Crippen LogP contribution in [0.1, 0.15) is 39.1 Å². The lowest BCUT2D eigenvalue weighted by atomic mass is 10.1. The number of hydrogen-bond acceptors (Lipinski definition) is 4. The highest BCUT2D eigenvalue weighted by Crippen LogP contribution is 2.15. The zero-order valence-electron chi connectivity index (χ0n) is 13.4. The van der Waals surface area contributed by atoms with Gasteiger partial charge in [-0.3, -0.25) is 0 Å². The fourth-order valence-electron chi connectivity index (χ4n) is 2.04. The maximum atomic E-state index is 5.43. The molecule has 2 aromatic rings. The van der Waals surface area contributed by atoms with Crippen LogP contribution in [0.25, 0.3) is 0 Å². The lowest BCUT2D eigenvalue weighted by Crippen LogP contribution is -2.35. The molecule has 4 nitrogen and oxygen atoms in total. The monoisotopic (exact) mass is 287 g/mol. The average molecular weight is 287 g/mol. The molecule has 0 aliphatic heterocycles. The third-order valence-corrected chi connectivity index (χ3v) is 3.22. The van der Waals surface area contributed by atoms with Gasteiger partial charge in [-0.15, -0.1) is 0 Å². The fraction of sp³-hybridized carbons (Fsp3) is 0.471. The van der Waals surface area contributed by atoms with Gasteiger partial charge in [0.1, 0.15) is 11.6 Å². The van der Waals surface area contributed by atoms with Crippen molar-refractivity contribution in [1.82, 2.24) is 10.3 Å². The lowest BCUT2D eigenvalue weighted by Gasteiger charge is -2.23. The summed E-state index contributed by atoms with van der Waals surface area (Å²) in [5, 5.41) is 3.47. The standard InChI is InChI=1S/C17H25N3O/c1-5-20(13-15-9-7-11-21-15)16-10-6-8-14(19-16)12-18-17(2,3)4/h6-11,18H,5,12-13H2,1-4H3. The Labute approximate surface area is 127 Å². The van der Waals surface area contributed by atoms with Gasteiger partial charge in [-0.1, -0.05) is 6.07 Å². The molecule has 0 saturated carbocycles. The number of rotatable bonds is 6. The van der Waals surface area contributed by atoms with Crippen LogP contribution in [0.5, 0.6) is 0 Å². The molecule has 0 fully saturated rings. The van der Waals surface area contributed by atoms with Crippen molar-refractivity contribution in [2.24, 2.45) is 0 Å². The van der Waals surface area contributed by atoms with Crippen molar-refractivity contribution in [3.63, 3.8) is 0 Å². The molecule has 0 bridgehead atoms. The minimum Gasteiger partial charge on any atom is -0.467 e. The third-order valence-electron chi connectivity index (χ3n) is 3.22. The van der Waals surface area contributed by atoms with Crippen molar-refractivity contribution in [1.29, 1.82) is 0 Å². The Balaban J connectivity index is 2.07. The summed E-state index contributed by atoms with van der Waals surface area (Å²) in [5.41, 5.74) is 1.15. The first kappa shape index (κ1) is 15.6. The SMILES string of the molecule is CCN(Cc1ccco1)c1cccc(CNC(C)(C)C)n1. The molecular formula is C17H25N3O. The van der Waals surface area contributed by atoms with Gasteiger partial charge in [0.25, 0.3) is 0 Å². The van der Waals surface area contributed by atoms with E-state index in [1.165, 1.54) is 0 Å². The number of nitrogens with zero attached hydrogens (tertiary/aromatic N) is 2. The van der Waals surface area contributed by atoms with E-state index < -0.39 is 0 Å². The highest BCUT2D eigenvalue weighted by Gasteiger charge is 2.11. The molecule has 0 unspecified atom stereocenters. The second-order valence-corrected chi connectivity index (χ2v) is 6.18. The third kappa shape index (κ3) is 4.90. The highest BCUT2D eigenvalue weighted by molar-refractivity contribution is 5.39. The van der Waals surface area contributed by atoms with E-state index in [1.807, 2.05) is 18.2 Å². The quantitative estimate of drug-likeness (QED) is 0.881. The normalized spacial score (nSPS) is 11.6. The molecule has 0 radical (unpaired) electrons. The predicted molar refractivity (Wildman–Crippen MR) is 86.3 cm³/mol. The summed E-state index contributed by atoms with van der Waals surface area (Å²) < 4.78 is 5.43. The maximum Gasteiger partial charge on any atom is 0.129 e. The summed E-state index contributed by atoms with van der Waals surface area (Å²) in [7, 11) is 0. The van der Waals surface area contributed by atoms with E-state index in [1.54, 1.807) is 6.26 Å². The molecule has 2 aromatic heterocycles. The number of nitrogens with one attached hydrogen (secondary N) is 1. The molecule has 0 aliphatic rings. The molecular weight excluding hydrogens is 262 g/mol. The van der Waals surface area contributed by atoms with Gasteiger partial charge in [0.2, 0.25) is 0 Å². The topological polar surface area (TPSA) is 41.3 Å². The summed E-state index contributed by atoms with van der Waals surface area (Å²) >= 11 is 0. The van der Waals surface area contributed by atoms with E-state index >= 15 is 0 Å². The van der Waals surface area contributed by atoms with Crippen LogP contribution in [-0.2, 0) is 13.1 Å². The molecule has 4 heteroatoms. The first-order valence-electron chi connectivity index (χ1n) is 7.46. The van der Waals surface area contributed by atoms with Crippen molar-refractivity contribution >= 4 is 5.82 Å². The number of furan rings is 1. The first-order valence-corrected chi connectivity index (χ1v) is 7.46. The fourth-order valence-corrected chi connectivity index (χ4v) is 2.04. The first-order chi connectivity index (χ1) is 9.98.